The molecule has 3 heteroatoms. The molecular formula is C18H26N2O. The van der Waals surface area contributed by atoms with E-state index in [0.29, 0.717) is 11.8 Å². The number of para-hydroxylation sites is 1. The summed E-state index contributed by atoms with van der Waals surface area (Å²) in [4.78, 5) is 0. The minimum Gasteiger partial charge on any atom is -0.384 e. The molecule has 0 bridgehead atoms. The van der Waals surface area contributed by atoms with Crippen LogP contribution in [0.2, 0.25) is 0 Å². The van der Waals surface area contributed by atoms with Crippen LogP contribution in [0, 0.1) is 11.8 Å². The summed E-state index contributed by atoms with van der Waals surface area (Å²) in [6.45, 7) is 8.59. The van der Waals surface area contributed by atoms with Crippen molar-refractivity contribution in [2.45, 2.75) is 46.1 Å². The zero-order valence-corrected chi connectivity index (χ0v) is 13.5. The van der Waals surface area contributed by atoms with Crippen LogP contribution in [0.1, 0.15) is 46.2 Å². The molecule has 1 heterocycles. The molecule has 114 valence electrons. The highest BCUT2D eigenvalue weighted by Crippen LogP contribution is 2.35. The lowest BCUT2D eigenvalue weighted by Crippen LogP contribution is -2.32. The Kier molecular flexibility index (Phi) is 4.84. The normalized spacial score (nSPS) is 12.3. The van der Waals surface area contributed by atoms with Crippen molar-refractivity contribution in [3.05, 3.63) is 48.3 Å². The quantitative estimate of drug-likeness (QED) is 0.866. The molecule has 2 aromatic rings. The number of aromatic nitrogens is 2. The van der Waals surface area contributed by atoms with E-state index < -0.39 is 5.60 Å². The van der Waals surface area contributed by atoms with Crippen LogP contribution in [0.4, 0.5) is 0 Å². The van der Waals surface area contributed by atoms with Gasteiger partial charge in [-0.1, -0.05) is 45.9 Å². The molecule has 2 rings (SSSR count). The zero-order chi connectivity index (χ0) is 15.5. The Balaban J connectivity index is 2.44. The predicted molar refractivity (Wildman–Crippen MR) is 86.4 cm³/mol. The van der Waals surface area contributed by atoms with Crippen molar-refractivity contribution in [1.29, 1.82) is 0 Å². The van der Waals surface area contributed by atoms with Crippen molar-refractivity contribution in [3.8, 4) is 5.69 Å². The number of benzene rings is 1. The second-order valence-electron chi connectivity index (χ2n) is 6.69. The molecule has 0 saturated heterocycles. The highest BCUT2D eigenvalue weighted by molar-refractivity contribution is 5.34. The minimum atomic E-state index is -0.839. The van der Waals surface area contributed by atoms with Gasteiger partial charge in [-0.05, 0) is 42.9 Å². The molecule has 21 heavy (non-hydrogen) atoms. The van der Waals surface area contributed by atoms with E-state index in [1.165, 1.54) is 0 Å². The maximum atomic E-state index is 11.3. The number of aliphatic hydroxyl groups is 1. The van der Waals surface area contributed by atoms with Crippen molar-refractivity contribution in [3.63, 3.8) is 0 Å². The number of nitrogens with zero attached hydrogens (tertiary/aromatic N) is 2. The van der Waals surface area contributed by atoms with Crippen LogP contribution < -0.4 is 0 Å². The van der Waals surface area contributed by atoms with Gasteiger partial charge in [0.05, 0.1) is 11.4 Å². The summed E-state index contributed by atoms with van der Waals surface area (Å²) >= 11 is 0. The van der Waals surface area contributed by atoms with E-state index in [1.54, 1.807) is 6.20 Å². The molecule has 0 atom stereocenters. The van der Waals surface area contributed by atoms with Gasteiger partial charge in [-0.3, -0.25) is 0 Å². The first-order chi connectivity index (χ1) is 9.92. The van der Waals surface area contributed by atoms with Gasteiger partial charge in [-0.2, -0.15) is 5.10 Å². The summed E-state index contributed by atoms with van der Waals surface area (Å²) in [6.07, 6.45) is 3.25. The lowest BCUT2D eigenvalue weighted by atomic mass is 9.82. The monoisotopic (exact) mass is 286 g/mol. The third-order valence-electron chi connectivity index (χ3n) is 3.61. The molecule has 0 radical (unpaired) electrons. The maximum absolute atomic E-state index is 11.3. The first kappa shape index (κ1) is 15.8. The molecule has 0 amide bonds. The molecule has 0 saturated carbocycles. The maximum Gasteiger partial charge on any atom is 0.107 e. The van der Waals surface area contributed by atoms with Gasteiger partial charge in [0.15, 0.2) is 0 Å². The van der Waals surface area contributed by atoms with E-state index >= 15 is 0 Å². The van der Waals surface area contributed by atoms with Crippen molar-refractivity contribution >= 4 is 0 Å². The molecule has 1 N–H and O–H groups in total. The third kappa shape index (κ3) is 3.73. The standard InChI is InChI=1S/C18H26N2O/c1-14(2)12-18(21,13-15(3)4)17-10-11-19-20(17)16-8-6-5-7-9-16/h5-11,14-15,21H,12-13H2,1-4H3. The predicted octanol–water partition coefficient (Wildman–Crippen LogP) is 4.15. The van der Waals surface area contributed by atoms with E-state index in [1.807, 2.05) is 41.1 Å². The molecular weight excluding hydrogens is 260 g/mol. The third-order valence-corrected chi connectivity index (χ3v) is 3.61. The van der Waals surface area contributed by atoms with E-state index in [0.717, 1.165) is 24.2 Å². The van der Waals surface area contributed by atoms with Gasteiger partial charge in [0.25, 0.3) is 0 Å². The lowest BCUT2D eigenvalue weighted by Gasteiger charge is -2.32. The number of rotatable bonds is 6. The van der Waals surface area contributed by atoms with E-state index in [2.05, 4.69) is 32.8 Å². The summed E-state index contributed by atoms with van der Waals surface area (Å²) in [5.74, 6) is 0.848. The Morgan fingerprint density at radius 1 is 1.00 bits per heavy atom. The Labute approximate surface area is 127 Å². The molecule has 0 aliphatic carbocycles. The fraction of sp³-hybridized carbons (Fsp3) is 0.500. The molecule has 0 fully saturated rings. The number of hydrogen-bond acceptors (Lipinski definition) is 2. The molecule has 1 aromatic carbocycles. The smallest absolute Gasteiger partial charge is 0.107 e. The fourth-order valence-electron chi connectivity index (χ4n) is 3.07. The minimum absolute atomic E-state index is 0.424. The van der Waals surface area contributed by atoms with Crippen molar-refractivity contribution in [2.75, 3.05) is 0 Å². The van der Waals surface area contributed by atoms with Gasteiger partial charge in [0, 0.05) is 6.20 Å². The summed E-state index contributed by atoms with van der Waals surface area (Å²) in [5, 5.41) is 15.7. The Bertz CT molecular complexity index is 548. The topological polar surface area (TPSA) is 38.1 Å². The van der Waals surface area contributed by atoms with Crippen molar-refractivity contribution in [2.24, 2.45) is 11.8 Å². The lowest BCUT2D eigenvalue weighted by molar-refractivity contribution is -0.0105. The summed E-state index contributed by atoms with van der Waals surface area (Å²) < 4.78 is 1.87. The average Bonchev–Trinajstić information content (AvgIpc) is 2.87. The van der Waals surface area contributed by atoms with Gasteiger partial charge in [0.1, 0.15) is 5.60 Å². The molecule has 0 spiro atoms. The fourth-order valence-corrected chi connectivity index (χ4v) is 3.07. The van der Waals surface area contributed by atoms with Gasteiger partial charge >= 0.3 is 0 Å². The van der Waals surface area contributed by atoms with Crippen LogP contribution in [0.15, 0.2) is 42.6 Å². The van der Waals surface area contributed by atoms with Gasteiger partial charge in [0.2, 0.25) is 0 Å². The van der Waals surface area contributed by atoms with Crippen LogP contribution in [-0.2, 0) is 5.60 Å². The molecule has 3 nitrogen and oxygen atoms in total. The van der Waals surface area contributed by atoms with Crippen LogP contribution in [0.3, 0.4) is 0 Å². The van der Waals surface area contributed by atoms with Crippen LogP contribution in [0.5, 0.6) is 0 Å². The second kappa shape index (κ2) is 6.44. The SMILES string of the molecule is CC(C)CC(O)(CC(C)C)c1ccnn1-c1ccccc1. The second-order valence-corrected chi connectivity index (χ2v) is 6.69. The Morgan fingerprint density at radius 3 is 2.10 bits per heavy atom. The van der Waals surface area contributed by atoms with Crippen LogP contribution in [0.25, 0.3) is 5.69 Å². The summed E-state index contributed by atoms with van der Waals surface area (Å²) in [5.41, 5.74) is 1.04. The Hall–Kier alpha value is -1.61. The van der Waals surface area contributed by atoms with E-state index in [-0.39, 0.29) is 0 Å². The molecule has 0 aliphatic rings. The van der Waals surface area contributed by atoms with Gasteiger partial charge in [-0.25, -0.2) is 4.68 Å². The average molecular weight is 286 g/mol. The van der Waals surface area contributed by atoms with Crippen molar-refractivity contribution in [1.82, 2.24) is 9.78 Å². The van der Waals surface area contributed by atoms with Crippen LogP contribution in [-0.4, -0.2) is 14.9 Å². The number of hydrogen-bond donors (Lipinski definition) is 1. The highest BCUT2D eigenvalue weighted by atomic mass is 16.3. The summed E-state index contributed by atoms with van der Waals surface area (Å²) in [6, 6.07) is 11.9. The van der Waals surface area contributed by atoms with E-state index in [4.69, 9.17) is 0 Å². The first-order valence-corrected chi connectivity index (χ1v) is 7.74. The Morgan fingerprint density at radius 2 is 1.57 bits per heavy atom. The van der Waals surface area contributed by atoms with Crippen LogP contribution >= 0.6 is 0 Å². The zero-order valence-electron chi connectivity index (χ0n) is 13.5. The van der Waals surface area contributed by atoms with E-state index in [9.17, 15) is 5.11 Å². The van der Waals surface area contributed by atoms with Crippen molar-refractivity contribution < 1.29 is 5.11 Å². The first-order valence-electron chi connectivity index (χ1n) is 7.74. The van der Waals surface area contributed by atoms with Gasteiger partial charge < -0.3 is 5.11 Å². The molecule has 0 aliphatic heterocycles. The van der Waals surface area contributed by atoms with Gasteiger partial charge in [-0.15, -0.1) is 0 Å². The largest absolute Gasteiger partial charge is 0.384 e. The highest BCUT2D eigenvalue weighted by Gasteiger charge is 2.34. The summed E-state index contributed by atoms with van der Waals surface area (Å²) in [7, 11) is 0. The molecule has 0 unspecified atom stereocenters. The molecule has 1 aromatic heterocycles.